The van der Waals surface area contributed by atoms with Gasteiger partial charge in [-0.15, -0.1) is 0 Å². The lowest BCUT2D eigenvalue weighted by Crippen LogP contribution is -2.38. The molecule has 2 rings (SSSR count). The maximum atomic E-state index is 10.9. The number of nitrogens with zero attached hydrogens (tertiary/aromatic N) is 1. The largest absolute Gasteiger partial charge is 0.378 e. The van der Waals surface area contributed by atoms with Crippen LogP contribution in [0.2, 0.25) is 0 Å². The molecule has 1 aromatic rings. The van der Waals surface area contributed by atoms with Crippen molar-refractivity contribution in [1.82, 2.24) is 5.32 Å². The van der Waals surface area contributed by atoms with E-state index >= 15 is 0 Å². The molecule has 0 radical (unpaired) electrons. The van der Waals surface area contributed by atoms with E-state index in [2.05, 4.69) is 12.2 Å². The molecule has 19 heavy (non-hydrogen) atoms. The van der Waals surface area contributed by atoms with Crippen molar-refractivity contribution in [3.05, 3.63) is 39.9 Å². The van der Waals surface area contributed by atoms with Crippen LogP contribution >= 0.6 is 0 Å². The minimum atomic E-state index is -0.324. The monoisotopic (exact) mass is 264 g/mol. The summed E-state index contributed by atoms with van der Waals surface area (Å²) in [5.74, 6) is 0. The third kappa shape index (κ3) is 3.75. The smallest absolute Gasteiger partial charge is 0.273 e. The molecule has 1 fully saturated rings. The Balaban J connectivity index is 1.93. The van der Waals surface area contributed by atoms with Crippen LogP contribution in [-0.2, 0) is 11.3 Å². The van der Waals surface area contributed by atoms with Crippen molar-refractivity contribution in [2.24, 2.45) is 0 Å². The number of nitrogens with one attached hydrogen (secondary N) is 1. The van der Waals surface area contributed by atoms with Gasteiger partial charge in [0, 0.05) is 30.8 Å². The highest BCUT2D eigenvalue weighted by Gasteiger charge is 2.21. The highest BCUT2D eigenvalue weighted by atomic mass is 16.6. The van der Waals surface area contributed by atoms with Crippen molar-refractivity contribution < 1.29 is 9.66 Å². The van der Waals surface area contributed by atoms with Crippen LogP contribution in [0.4, 0.5) is 5.69 Å². The first-order valence-corrected chi connectivity index (χ1v) is 6.78. The Morgan fingerprint density at radius 2 is 2.26 bits per heavy atom. The van der Waals surface area contributed by atoms with Crippen LogP contribution in [0.1, 0.15) is 31.7 Å². The van der Waals surface area contributed by atoms with Gasteiger partial charge < -0.3 is 10.1 Å². The molecule has 1 aromatic carbocycles. The van der Waals surface area contributed by atoms with Crippen LogP contribution in [0.15, 0.2) is 24.3 Å². The van der Waals surface area contributed by atoms with Gasteiger partial charge in [0.25, 0.3) is 5.69 Å². The fourth-order valence-corrected chi connectivity index (χ4v) is 2.44. The van der Waals surface area contributed by atoms with Crippen LogP contribution in [-0.4, -0.2) is 23.7 Å². The van der Waals surface area contributed by atoms with E-state index in [1.165, 1.54) is 0 Å². The van der Waals surface area contributed by atoms with Crippen molar-refractivity contribution >= 4 is 5.69 Å². The van der Waals surface area contributed by atoms with E-state index in [1.54, 1.807) is 12.1 Å². The Morgan fingerprint density at radius 1 is 1.47 bits per heavy atom. The lowest BCUT2D eigenvalue weighted by molar-refractivity contribution is -0.385. The average molecular weight is 264 g/mol. The molecule has 0 saturated carbocycles. The SMILES string of the molecule is CCC1CC(NCc2ccccc2[N+](=O)[O-])CCO1. The fraction of sp³-hybridized carbons (Fsp3) is 0.571. The van der Waals surface area contributed by atoms with Gasteiger partial charge in [-0.3, -0.25) is 10.1 Å². The highest BCUT2D eigenvalue weighted by molar-refractivity contribution is 5.39. The number of rotatable bonds is 5. The van der Waals surface area contributed by atoms with E-state index in [1.807, 2.05) is 12.1 Å². The van der Waals surface area contributed by atoms with E-state index in [0.717, 1.165) is 31.4 Å². The van der Waals surface area contributed by atoms with E-state index in [4.69, 9.17) is 4.74 Å². The number of hydrogen-bond donors (Lipinski definition) is 1. The molecule has 1 aliphatic rings. The predicted octanol–water partition coefficient (Wildman–Crippen LogP) is 2.64. The van der Waals surface area contributed by atoms with Gasteiger partial charge in [0.1, 0.15) is 0 Å². The van der Waals surface area contributed by atoms with Crippen LogP contribution < -0.4 is 5.32 Å². The minimum Gasteiger partial charge on any atom is -0.378 e. The van der Waals surface area contributed by atoms with Crippen LogP contribution in [0.3, 0.4) is 0 Å². The molecular formula is C14H20N2O3. The van der Waals surface area contributed by atoms with E-state index in [-0.39, 0.29) is 10.6 Å². The number of ether oxygens (including phenoxy) is 1. The molecule has 0 aliphatic carbocycles. The number of hydrogen-bond acceptors (Lipinski definition) is 4. The molecule has 5 heteroatoms. The molecule has 1 saturated heterocycles. The zero-order chi connectivity index (χ0) is 13.7. The molecule has 0 spiro atoms. The first-order valence-electron chi connectivity index (χ1n) is 6.78. The summed E-state index contributed by atoms with van der Waals surface area (Å²) in [7, 11) is 0. The van der Waals surface area contributed by atoms with Crippen molar-refractivity contribution in [3.8, 4) is 0 Å². The second kappa shape index (κ2) is 6.63. The number of benzene rings is 1. The summed E-state index contributed by atoms with van der Waals surface area (Å²) in [5.41, 5.74) is 0.932. The first kappa shape index (κ1) is 14.0. The minimum absolute atomic E-state index is 0.189. The fourth-order valence-electron chi connectivity index (χ4n) is 2.44. The van der Waals surface area contributed by atoms with E-state index in [0.29, 0.717) is 18.7 Å². The summed E-state index contributed by atoms with van der Waals surface area (Å²) < 4.78 is 5.62. The Morgan fingerprint density at radius 3 is 3.00 bits per heavy atom. The van der Waals surface area contributed by atoms with Crippen molar-refractivity contribution in [3.63, 3.8) is 0 Å². The van der Waals surface area contributed by atoms with Crippen molar-refractivity contribution in [2.45, 2.75) is 44.9 Å². The Hall–Kier alpha value is -1.46. The number of para-hydroxylation sites is 1. The van der Waals surface area contributed by atoms with Gasteiger partial charge in [0.15, 0.2) is 0 Å². The first-order chi connectivity index (χ1) is 9.20. The van der Waals surface area contributed by atoms with Gasteiger partial charge in [-0.05, 0) is 19.3 Å². The molecule has 5 nitrogen and oxygen atoms in total. The predicted molar refractivity (Wildman–Crippen MR) is 73.0 cm³/mol. The summed E-state index contributed by atoms with van der Waals surface area (Å²) in [6.07, 6.45) is 3.29. The molecule has 0 amide bonds. The van der Waals surface area contributed by atoms with Crippen LogP contribution in [0.25, 0.3) is 0 Å². The highest BCUT2D eigenvalue weighted by Crippen LogP contribution is 2.20. The topological polar surface area (TPSA) is 64.4 Å². The lowest BCUT2D eigenvalue weighted by atomic mass is 10.0. The maximum absolute atomic E-state index is 10.9. The van der Waals surface area contributed by atoms with Gasteiger partial charge in [0.05, 0.1) is 11.0 Å². The second-order valence-electron chi connectivity index (χ2n) is 4.89. The van der Waals surface area contributed by atoms with Gasteiger partial charge in [0.2, 0.25) is 0 Å². The molecule has 104 valence electrons. The second-order valence-corrected chi connectivity index (χ2v) is 4.89. The Labute approximate surface area is 113 Å². The molecule has 1 heterocycles. The standard InChI is InChI=1S/C14H20N2O3/c1-2-13-9-12(7-8-19-13)15-10-11-5-3-4-6-14(11)16(17)18/h3-6,12-13,15H,2,7-10H2,1H3. The maximum Gasteiger partial charge on any atom is 0.273 e. The van der Waals surface area contributed by atoms with E-state index < -0.39 is 0 Å². The number of nitro benzene ring substituents is 1. The molecular weight excluding hydrogens is 244 g/mol. The summed E-state index contributed by atoms with van der Waals surface area (Å²) in [6, 6.07) is 7.28. The Kier molecular flexibility index (Phi) is 4.87. The number of nitro groups is 1. The average Bonchev–Trinajstić information content (AvgIpc) is 2.45. The Bertz CT molecular complexity index is 436. The summed E-state index contributed by atoms with van der Waals surface area (Å²) in [6.45, 7) is 3.43. The van der Waals surface area contributed by atoms with Gasteiger partial charge in [-0.1, -0.05) is 25.1 Å². The summed E-state index contributed by atoms with van der Waals surface area (Å²) in [5, 5.41) is 14.3. The third-order valence-electron chi connectivity index (χ3n) is 3.59. The van der Waals surface area contributed by atoms with Crippen LogP contribution in [0, 0.1) is 10.1 Å². The zero-order valence-corrected chi connectivity index (χ0v) is 11.2. The molecule has 1 N–H and O–H groups in total. The summed E-state index contributed by atoms with van der Waals surface area (Å²) in [4.78, 5) is 10.6. The van der Waals surface area contributed by atoms with E-state index in [9.17, 15) is 10.1 Å². The molecule has 0 aromatic heterocycles. The quantitative estimate of drug-likeness (QED) is 0.656. The van der Waals surface area contributed by atoms with Crippen molar-refractivity contribution in [1.29, 1.82) is 0 Å². The third-order valence-corrected chi connectivity index (χ3v) is 3.59. The summed E-state index contributed by atoms with van der Waals surface area (Å²) >= 11 is 0. The van der Waals surface area contributed by atoms with Gasteiger partial charge in [-0.25, -0.2) is 0 Å². The van der Waals surface area contributed by atoms with Gasteiger partial charge >= 0.3 is 0 Å². The molecule has 1 aliphatic heterocycles. The van der Waals surface area contributed by atoms with Gasteiger partial charge in [-0.2, -0.15) is 0 Å². The van der Waals surface area contributed by atoms with Crippen LogP contribution in [0.5, 0.6) is 0 Å². The molecule has 2 atom stereocenters. The molecule has 2 unspecified atom stereocenters. The molecule has 0 bridgehead atoms. The van der Waals surface area contributed by atoms with Crippen molar-refractivity contribution in [2.75, 3.05) is 6.61 Å². The lowest BCUT2D eigenvalue weighted by Gasteiger charge is -2.29. The zero-order valence-electron chi connectivity index (χ0n) is 11.2. The normalized spacial score (nSPS) is 23.2.